The summed E-state index contributed by atoms with van der Waals surface area (Å²) in [5.74, 6) is -0.187. The van der Waals surface area contributed by atoms with Gasteiger partial charge in [0.25, 0.3) is 5.91 Å². The van der Waals surface area contributed by atoms with Gasteiger partial charge in [0.05, 0.1) is 11.4 Å². The molecule has 2 aromatic rings. The number of pyridine rings is 1. The molecule has 0 saturated heterocycles. The molecule has 0 bridgehead atoms. The number of hydrogen-bond donors (Lipinski definition) is 2. The van der Waals surface area contributed by atoms with Gasteiger partial charge in [0.1, 0.15) is 0 Å². The Hall–Kier alpha value is -1.50. The average molecular weight is 313 g/mol. The summed E-state index contributed by atoms with van der Waals surface area (Å²) in [7, 11) is 0. The number of carbonyl (C=O) groups excluding carboxylic acids is 1. The van der Waals surface area contributed by atoms with Gasteiger partial charge in [-0.1, -0.05) is 6.92 Å². The maximum absolute atomic E-state index is 12.1. The van der Waals surface area contributed by atoms with Gasteiger partial charge in [0.15, 0.2) is 5.13 Å². The maximum atomic E-state index is 12.1. The second kappa shape index (κ2) is 7.33. The summed E-state index contributed by atoms with van der Waals surface area (Å²) in [6, 6.07) is 3.35. The highest BCUT2D eigenvalue weighted by molar-refractivity contribution is 7.15. The lowest BCUT2D eigenvalue weighted by Crippen LogP contribution is -2.13. The molecule has 20 heavy (non-hydrogen) atoms. The summed E-state index contributed by atoms with van der Waals surface area (Å²) in [6.07, 6.45) is 2.45. The quantitative estimate of drug-likeness (QED) is 0.909. The molecule has 0 aromatic carbocycles. The Morgan fingerprint density at radius 3 is 2.85 bits per heavy atom. The van der Waals surface area contributed by atoms with E-state index in [1.807, 2.05) is 13.8 Å². The molecule has 1 amide bonds. The van der Waals surface area contributed by atoms with Crippen LogP contribution in [-0.4, -0.2) is 15.9 Å². The van der Waals surface area contributed by atoms with Gasteiger partial charge in [-0.15, -0.1) is 23.7 Å². The first-order valence-electron chi connectivity index (χ1n) is 6.06. The largest absolute Gasteiger partial charge is 0.325 e. The summed E-state index contributed by atoms with van der Waals surface area (Å²) >= 11 is 1.49. The third-order valence-electron chi connectivity index (χ3n) is 2.74. The van der Waals surface area contributed by atoms with E-state index in [4.69, 9.17) is 5.73 Å². The molecule has 2 aromatic heterocycles. The van der Waals surface area contributed by atoms with E-state index in [1.165, 1.54) is 11.3 Å². The lowest BCUT2D eigenvalue weighted by Gasteiger charge is -2.02. The molecule has 7 heteroatoms. The van der Waals surface area contributed by atoms with Gasteiger partial charge in [-0.25, -0.2) is 4.98 Å². The molecule has 0 fully saturated rings. The molecule has 2 heterocycles. The highest BCUT2D eigenvalue weighted by atomic mass is 35.5. The molecule has 0 saturated carbocycles. The predicted molar refractivity (Wildman–Crippen MR) is 83.6 cm³/mol. The summed E-state index contributed by atoms with van der Waals surface area (Å²) in [4.78, 5) is 21.7. The van der Waals surface area contributed by atoms with Gasteiger partial charge in [-0.3, -0.25) is 15.1 Å². The van der Waals surface area contributed by atoms with Crippen molar-refractivity contribution in [1.82, 2.24) is 9.97 Å². The molecule has 0 aliphatic heterocycles. The Morgan fingerprint density at radius 1 is 1.50 bits per heavy atom. The molecule has 0 radical (unpaired) electrons. The molecule has 0 aliphatic carbocycles. The fourth-order valence-electron chi connectivity index (χ4n) is 1.71. The van der Waals surface area contributed by atoms with Crippen LogP contribution >= 0.6 is 23.7 Å². The number of nitrogens with two attached hydrogens (primary N) is 1. The van der Waals surface area contributed by atoms with Crippen molar-refractivity contribution >= 4 is 34.8 Å². The van der Waals surface area contributed by atoms with E-state index < -0.39 is 0 Å². The topological polar surface area (TPSA) is 80.9 Å². The number of nitrogens with one attached hydrogen (secondary N) is 1. The summed E-state index contributed by atoms with van der Waals surface area (Å²) < 4.78 is 0. The van der Waals surface area contributed by atoms with Crippen molar-refractivity contribution in [1.29, 1.82) is 0 Å². The van der Waals surface area contributed by atoms with Crippen LogP contribution in [0.5, 0.6) is 0 Å². The normalized spacial score (nSPS) is 9.95. The van der Waals surface area contributed by atoms with Crippen LogP contribution in [0.2, 0.25) is 0 Å². The van der Waals surface area contributed by atoms with Crippen LogP contribution in [0.1, 0.15) is 33.5 Å². The highest BCUT2D eigenvalue weighted by Crippen LogP contribution is 2.22. The van der Waals surface area contributed by atoms with E-state index in [9.17, 15) is 4.79 Å². The fourth-order valence-corrected chi connectivity index (χ4v) is 2.61. The van der Waals surface area contributed by atoms with Crippen LogP contribution in [0.25, 0.3) is 0 Å². The van der Waals surface area contributed by atoms with E-state index in [0.717, 1.165) is 17.0 Å². The van der Waals surface area contributed by atoms with Crippen LogP contribution in [0, 0.1) is 6.92 Å². The first-order valence-corrected chi connectivity index (χ1v) is 6.88. The molecule has 0 unspecified atom stereocenters. The molecule has 0 spiro atoms. The zero-order chi connectivity index (χ0) is 13.8. The van der Waals surface area contributed by atoms with Gasteiger partial charge in [0, 0.05) is 23.2 Å². The molecular formula is C13H17ClN4OS. The Kier molecular flexibility index (Phi) is 6.06. The summed E-state index contributed by atoms with van der Waals surface area (Å²) in [6.45, 7) is 4.37. The third-order valence-corrected chi connectivity index (χ3v) is 3.66. The molecule has 2 rings (SSSR count). The Balaban J connectivity index is 0.00000200. The van der Waals surface area contributed by atoms with E-state index in [1.54, 1.807) is 18.3 Å². The number of carbonyl (C=O) groups is 1. The van der Waals surface area contributed by atoms with Gasteiger partial charge in [-0.2, -0.15) is 0 Å². The van der Waals surface area contributed by atoms with E-state index in [-0.39, 0.29) is 18.3 Å². The van der Waals surface area contributed by atoms with Crippen molar-refractivity contribution < 1.29 is 4.79 Å². The molecule has 5 nitrogen and oxygen atoms in total. The van der Waals surface area contributed by atoms with Crippen LogP contribution in [0.4, 0.5) is 5.13 Å². The summed E-state index contributed by atoms with van der Waals surface area (Å²) in [5.41, 5.74) is 7.77. The molecule has 0 atom stereocenters. The smallest absolute Gasteiger partial charge is 0.257 e. The number of aromatic nitrogens is 2. The van der Waals surface area contributed by atoms with Crippen LogP contribution in [-0.2, 0) is 13.0 Å². The number of anilines is 1. The zero-order valence-corrected chi connectivity index (χ0v) is 13.0. The third kappa shape index (κ3) is 3.75. The maximum Gasteiger partial charge on any atom is 0.257 e. The van der Waals surface area contributed by atoms with Crippen molar-refractivity contribution in [2.75, 3.05) is 5.32 Å². The number of thiazole rings is 1. The van der Waals surface area contributed by atoms with Gasteiger partial charge >= 0.3 is 0 Å². The Morgan fingerprint density at radius 2 is 2.25 bits per heavy atom. The lowest BCUT2D eigenvalue weighted by atomic mass is 10.2. The average Bonchev–Trinajstić information content (AvgIpc) is 2.78. The van der Waals surface area contributed by atoms with Crippen molar-refractivity contribution in [2.45, 2.75) is 26.8 Å². The van der Waals surface area contributed by atoms with E-state index in [2.05, 4.69) is 15.3 Å². The molecule has 108 valence electrons. The van der Waals surface area contributed by atoms with Gasteiger partial charge in [0.2, 0.25) is 0 Å². The second-order valence-electron chi connectivity index (χ2n) is 4.07. The zero-order valence-electron chi connectivity index (χ0n) is 11.3. The first-order chi connectivity index (χ1) is 9.13. The number of hydrogen-bond acceptors (Lipinski definition) is 5. The van der Waals surface area contributed by atoms with Crippen LogP contribution in [0.3, 0.4) is 0 Å². The standard InChI is InChI=1S/C13H16N4OS.ClH/c1-3-11-8(2)19-13(16-11)17-12(18)9-4-5-15-10(6-9)7-14;/h4-6H,3,7,14H2,1-2H3,(H,16,17,18);1H. The van der Waals surface area contributed by atoms with Gasteiger partial charge < -0.3 is 5.73 Å². The van der Waals surface area contributed by atoms with Crippen molar-refractivity contribution in [3.05, 3.63) is 40.2 Å². The first kappa shape index (κ1) is 16.6. The summed E-state index contributed by atoms with van der Waals surface area (Å²) in [5, 5.41) is 3.43. The van der Waals surface area contributed by atoms with Crippen molar-refractivity contribution in [3.63, 3.8) is 0 Å². The van der Waals surface area contributed by atoms with Crippen LogP contribution < -0.4 is 11.1 Å². The molecule has 3 N–H and O–H groups in total. The molecular weight excluding hydrogens is 296 g/mol. The number of nitrogens with zero attached hydrogens (tertiary/aromatic N) is 2. The minimum atomic E-state index is -0.187. The lowest BCUT2D eigenvalue weighted by molar-refractivity contribution is 0.102. The minimum absolute atomic E-state index is 0. The van der Waals surface area contributed by atoms with Crippen LogP contribution in [0.15, 0.2) is 18.3 Å². The number of aryl methyl sites for hydroxylation is 2. The van der Waals surface area contributed by atoms with Gasteiger partial charge in [-0.05, 0) is 25.5 Å². The fraction of sp³-hybridized carbons (Fsp3) is 0.308. The predicted octanol–water partition coefficient (Wildman–Crippen LogP) is 2.54. The van der Waals surface area contributed by atoms with E-state index >= 15 is 0 Å². The number of amides is 1. The Labute approximate surface area is 128 Å². The van der Waals surface area contributed by atoms with E-state index in [0.29, 0.717) is 22.9 Å². The minimum Gasteiger partial charge on any atom is -0.325 e. The van der Waals surface area contributed by atoms with Crippen molar-refractivity contribution in [3.8, 4) is 0 Å². The second-order valence-corrected chi connectivity index (χ2v) is 5.27. The number of rotatable bonds is 4. The highest BCUT2D eigenvalue weighted by Gasteiger charge is 2.11. The SMILES string of the molecule is CCc1nc(NC(=O)c2ccnc(CN)c2)sc1C.Cl. The number of halogens is 1. The Bertz CT molecular complexity index is 600. The molecule has 0 aliphatic rings. The van der Waals surface area contributed by atoms with Crippen molar-refractivity contribution in [2.24, 2.45) is 5.73 Å². The monoisotopic (exact) mass is 312 g/mol.